The van der Waals surface area contributed by atoms with Crippen molar-refractivity contribution in [2.75, 3.05) is 5.75 Å². The summed E-state index contributed by atoms with van der Waals surface area (Å²) in [5.41, 5.74) is 0. The summed E-state index contributed by atoms with van der Waals surface area (Å²) in [6.07, 6.45) is 9.01. The van der Waals surface area contributed by atoms with Crippen LogP contribution in [0.2, 0.25) is 0 Å². The summed E-state index contributed by atoms with van der Waals surface area (Å²) in [6, 6.07) is 9.06. The maximum absolute atomic E-state index is 14.0. The van der Waals surface area contributed by atoms with Gasteiger partial charge in [-0.25, -0.2) is 0 Å². The molecule has 0 atom stereocenters. The summed E-state index contributed by atoms with van der Waals surface area (Å²) < 4.78 is 31.5. The Morgan fingerprint density at radius 1 is 1.17 bits per heavy atom. The van der Waals surface area contributed by atoms with Crippen LogP contribution in [0.25, 0.3) is 0 Å². The molecule has 0 radical (unpaired) electrons. The first-order chi connectivity index (χ1) is 11.6. The lowest BCUT2D eigenvalue weighted by Crippen LogP contribution is -2.49. The van der Waals surface area contributed by atoms with E-state index in [1.165, 1.54) is 6.42 Å². The van der Waals surface area contributed by atoms with Gasteiger partial charge in [0.15, 0.2) is 0 Å². The quantitative estimate of drug-likeness (QED) is 0.632. The fourth-order valence-electron chi connectivity index (χ4n) is 2.78. The summed E-state index contributed by atoms with van der Waals surface area (Å²) >= 11 is 0. The number of rotatable bonds is 8. The van der Waals surface area contributed by atoms with Crippen molar-refractivity contribution in [1.82, 2.24) is 0 Å². The first-order valence-corrected chi connectivity index (χ1v) is 10.7. The van der Waals surface area contributed by atoms with Gasteiger partial charge in [-0.2, -0.15) is 4.21 Å². The third kappa shape index (κ3) is 5.25. The van der Waals surface area contributed by atoms with Gasteiger partial charge in [0.1, 0.15) is 11.9 Å². The molecule has 1 aromatic rings. The molecule has 4 nitrogen and oxygen atoms in total. The third-order valence-electron chi connectivity index (χ3n) is 4.01. The molecule has 0 N–H and O–H groups in total. The summed E-state index contributed by atoms with van der Waals surface area (Å²) in [5.74, 6) is 3.30. The van der Waals surface area contributed by atoms with Gasteiger partial charge in [-0.05, 0) is 31.4 Å². The lowest BCUT2D eigenvalue weighted by atomic mass is 9.98. The number of benzene rings is 1. The third-order valence-corrected chi connectivity index (χ3v) is 6.53. The second-order valence-corrected chi connectivity index (χ2v) is 8.82. The van der Waals surface area contributed by atoms with E-state index in [9.17, 15) is 4.21 Å². The van der Waals surface area contributed by atoms with Crippen LogP contribution < -0.4 is 4.18 Å². The molecule has 1 fully saturated rings. The van der Waals surface area contributed by atoms with Crippen molar-refractivity contribution in [3.05, 3.63) is 30.3 Å². The van der Waals surface area contributed by atoms with E-state index < -0.39 is 9.91 Å². The molecule has 1 aromatic carbocycles. The van der Waals surface area contributed by atoms with E-state index >= 15 is 0 Å². The highest BCUT2D eigenvalue weighted by Gasteiger charge is 2.44. The van der Waals surface area contributed by atoms with Gasteiger partial charge < -0.3 is 8.37 Å². The van der Waals surface area contributed by atoms with Gasteiger partial charge in [0.25, 0.3) is 9.91 Å². The van der Waals surface area contributed by atoms with Crippen LogP contribution in [0.15, 0.2) is 30.3 Å². The Labute approximate surface area is 145 Å². The minimum absolute atomic E-state index is 0.113. The average Bonchev–Trinajstić information content (AvgIpc) is 2.60. The molecule has 0 amide bonds. The maximum atomic E-state index is 14.0. The number of unbranched alkanes of at least 4 members (excludes halogenated alkanes) is 1. The van der Waals surface area contributed by atoms with Crippen LogP contribution >= 0.6 is 0 Å². The molecule has 134 valence electrons. The van der Waals surface area contributed by atoms with Crippen LogP contribution in [0.4, 0.5) is 0 Å². The molecule has 0 aliphatic heterocycles. The van der Waals surface area contributed by atoms with Gasteiger partial charge in [0.05, 0.1) is 11.9 Å². The van der Waals surface area contributed by atoms with Crippen LogP contribution in [-0.2, 0) is 18.3 Å². The molecule has 0 bridgehead atoms. The molecule has 0 spiro atoms. The van der Waals surface area contributed by atoms with Crippen molar-refractivity contribution in [1.29, 1.82) is 0 Å². The minimum atomic E-state index is -4.28. The van der Waals surface area contributed by atoms with E-state index in [1.54, 1.807) is 19.1 Å². The Morgan fingerprint density at radius 2 is 1.88 bits per heavy atom. The molecule has 2 rings (SSSR count). The molecular weight excluding hydrogens is 324 g/mol. The predicted molar refractivity (Wildman–Crippen MR) is 97.5 cm³/mol. The summed E-state index contributed by atoms with van der Waals surface area (Å²) in [6.45, 7) is 3.67. The van der Waals surface area contributed by atoms with E-state index in [0.29, 0.717) is 12.2 Å². The lowest BCUT2D eigenvalue weighted by Gasteiger charge is -2.41. The first-order valence-electron chi connectivity index (χ1n) is 8.78. The fraction of sp³-hybridized carbons (Fsp3) is 0.579. The molecular formula is C19H28O4S. The zero-order valence-corrected chi connectivity index (χ0v) is 15.5. The Hall–Kier alpha value is -1.51. The minimum Gasteiger partial charge on any atom is -0.377 e. The summed E-state index contributed by atoms with van der Waals surface area (Å²) in [4.78, 5) is 0. The van der Waals surface area contributed by atoms with Crippen LogP contribution in [-0.4, -0.2) is 16.1 Å². The van der Waals surface area contributed by atoms with Crippen LogP contribution in [0, 0.1) is 12.0 Å². The molecule has 0 aromatic heterocycles. The summed E-state index contributed by atoms with van der Waals surface area (Å²) in [7, 11) is -4.28. The SMILES string of the molecule is CC#COS(=O)(CCCC)(Oc1ccccc1)OC1CCCCC1. The standard InChI is InChI=1S/C19H28O4S/c1-3-5-17-24(20,21-16-4-2,22-18-12-8-6-9-13-18)23-19-14-10-7-11-15-19/h6,8-9,12-13,19H,3,5,7,10-11,14-15,17H2,1-2H3. The monoisotopic (exact) mass is 352 g/mol. The van der Waals surface area contributed by atoms with Crippen LogP contribution in [0.3, 0.4) is 0 Å². The van der Waals surface area contributed by atoms with Crippen LogP contribution in [0.1, 0.15) is 58.8 Å². The van der Waals surface area contributed by atoms with Gasteiger partial charge in [-0.15, -0.1) is 0 Å². The predicted octanol–water partition coefficient (Wildman–Crippen LogP) is 4.78. The van der Waals surface area contributed by atoms with E-state index in [1.807, 2.05) is 25.1 Å². The Balaban J connectivity index is 2.33. The molecule has 0 unspecified atom stereocenters. The molecule has 1 aliphatic carbocycles. The number of hydrogen-bond acceptors (Lipinski definition) is 4. The topological polar surface area (TPSA) is 44.8 Å². The lowest BCUT2D eigenvalue weighted by molar-refractivity contribution is 0.110. The Bertz CT molecular complexity index is 626. The fourth-order valence-corrected chi connectivity index (χ4v) is 5.36. The highest BCUT2D eigenvalue weighted by molar-refractivity contribution is 8.08. The molecule has 24 heavy (non-hydrogen) atoms. The molecule has 1 aliphatic rings. The molecule has 0 heterocycles. The van der Waals surface area contributed by atoms with E-state index in [0.717, 1.165) is 32.1 Å². The second kappa shape index (κ2) is 8.55. The van der Waals surface area contributed by atoms with Crippen molar-refractivity contribution in [2.24, 2.45) is 0 Å². The first kappa shape index (κ1) is 18.8. The highest BCUT2D eigenvalue weighted by Crippen LogP contribution is 2.38. The van der Waals surface area contributed by atoms with Gasteiger partial charge in [-0.3, -0.25) is 4.18 Å². The number of hydrogen-bond donors (Lipinski definition) is 0. The summed E-state index contributed by atoms with van der Waals surface area (Å²) in [5, 5.41) is 0. The smallest absolute Gasteiger partial charge is 0.277 e. The van der Waals surface area contributed by atoms with Crippen molar-refractivity contribution < 1.29 is 16.8 Å². The van der Waals surface area contributed by atoms with Crippen molar-refractivity contribution in [3.63, 3.8) is 0 Å². The zero-order chi connectivity index (χ0) is 17.3. The van der Waals surface area contributed by atoms with E-state index in [4.69, 9.17) is 12.5 Å². The Morgan fingerprint density at radius 3 is 2.50 bits per heavy atom. The molecule has 5 heteroatoms. The van der Waals surface area contributed by atoms with Gasteiger partial charge in [0, 0.05) is 6.92 Å². The average molecular weight is 352 g/mol. The van der Waals surface area contributed by atoms with Crippen LogP contribution in [0.5, 0.6) is 5.75 Å². The Kier molecular flexibility index (Phi) is 6.70. The van der Waals surface area contributed by atoms with E-state index in [2.05, 4.69) is 12.0 Å². The zero-order valence-electron chi connectivity index (χ0n) is 14.7. The maximum Gasteiger partial charge on any atom is 0.277 e. The van der Waals surface area contributed by atoms with Gasteiger partial charge in [-0.1, -0.05) is 56.7 Å². The van der Waals surface area contributed by atoms with Gasteiger partial charge in [0.2, 0.25) is 0 Å². The second-order valence-electron chi connectivity index (χ2n) is 6.13. The molecule has 0 saturated heterocycles. The normalized spacial score (nSPS) is 17.2. The molecule has 1 saturated carbocycles. The number of para-hydroxylation sites is 1. The van der Waals surface area contributed by atoms with Crippen molar-refractivity contribution in [3.8, 4) is 17.8 Å². The van der Waals surface area contributed by atoms with Crippen molar-refractivity contribution in [2.45, 2.75) is 64.9 Å². The van der Waals surface area contributed by atoms with Gasteiger partial charge >= 0.3 is 0 Å². The highest BCUT2D eigenvalue weighted by atomic mass is 32.3. The largest absolute Gasteiger partial charge is 0.377 e. The van der Waals surface area contributed by atoms with Crippen molar-refractivity contribution >= 4 is 9.91 Å². The van der Waals surface area contributed by atoms with E-state index in [-0.39, 0.29) is 11.9 Å².